The quantitative estimate of drug-likeness (QED) is 0.837. The lowest BCUT2D eigenvalue weighted by molar-refractivity contribution is -0.135. The van der Waals surface area contributed by atoms with Gasteiger partial charge in [0.1, 0.15) is 0 Å². The summed E-state index contributed by atoms with van der Waals surface area (Å²) >= 11 is 0. The number of carbonyl (C=O) groups is 1. The van der Waals surface area contributed by atoms with Crippen LogP contribution in [-0.4, -0.2) is 41.9 Å². The highest BCUT2D eigenvalue weighted by molar-refractivity contribution is 5.76. The Kier molecular flexibility index (Phi) is 4.02. The van der Waals surface area contributed by atoms with Crippen molar-refractivity contribution in [2.75, 3.05) is 26.2 Å². The van der Waals surface area contributed by atoms with E-state index in [1.807, 2.05) is 0 Å². The minimum Gasteiger partial charge on any atom is -0.339 e. The first-order chi connectivity index (χ1) is 10.4. The zero-order valence-electron chi connectivity index (χ0n) is 14.3. The van der Waals surface area contributed by atoms with Crippen LogP contribution in [0.5, 0.6) is 0 Å². The molecule has 0 N–H and O–H groups in total. The van der Waals surface area contributed by atoms with Crippen LogP contribution in [0.15, 0.2) is 24.3 Å². The molecule has 1 aromatic carbocycles. The number of fused-ring (bicyclic) bond motifs is 3. The van der Waals surface area contributed by atoms with Gasteiger partial charge in [0, 0.05) is 38.0 Å². The van der Waals surface area contributed by atoms with Crippen LogP contribution in [0.1, 0.15) is 51.3 Å². The molecule has 1 fully saturated rings. The summed E-state index contributed by atoms with van der Waals surface area (Å²) in [6.45, 7) is 12.7. The lowest BCUT2D eigenvalue weighted by Gasteiger charge is -2.50. The fourth-order valence-electron chi connectivity index (χ4n) is 4.01. The number of piperazine rings is 1. The molecule has 0 aromatic heterocycles. The Labute approximate surface area is 134 Å². The van der Waals surface area contributed by atoms with Gasteiger partial charge in [-0.25, -0.2) is 0 Å². The molecule has 3 rings (SSSR count). The summed E-state index contributed by atoms with van der Waals surface area (Å²) in [6, 6.07) is 9.16. The molecule has 0 bridgehead atoms. The van der Waals surface area contributed by atoms with Gasteiger partial charge in [0.2, 0.25) is 5.91 Å². The molecular weight excluding hydrogens is 272 g/mol. The van der Waals surface area contributed by atoms with E-state index in [1.165, 1.54) is 11.1 Å². The molecule has 2 heterocycles. The number of hydrogen-bond acceptors (Lipinski definition) is 2. The van der Waals surface area contributed by atoms with Crippen molar-refractivity contribution in [2.45, 2.75) is 45.6 Å². The molecule has 1 aromatic rings. The maximum Gasteiger partial charge on any atom is 0.222 e. The van der Waals surface area contributed by atoms with Crippen LogP contribution in [-0.2, 0) is 10.2 Å². The lowest BCUT2D eigenvalue weighted by Crippen LogP contribution is -2.56. The van der Waals surface area contributed by atoms with E-state index < -0.39 is 0 Å². The van der Waals surface area contributed by atoms with E-state index >= 15 is 0 Å². The zero-order chi connectivity index (χ0) is 15.9. The third-order valence-electron chi connectivity index (χ3n) is 5.07. The highest BCUT2D eigenvalue weighted by Crippen LogP contribution is 2.40. The third kappa shape index (κ3) is 2.79. The third-order valence-corrected chi connectivity index (χ3v) is 5.07. The molecule has 0 aliphatic carbocycles. The summed E-state index contributed by atoms with van der Waals surface area (Å²) < 4.78 is 0. The number of rotatable bonds is 2. The lowest BCUT2D eigenvalue weighted by atomic mass is 9.75. The molecule has 0 saturated carbocycles. The van der Waals surface area contributed by atoms with Gasteiger partial charge in [-0.3, -0.25) is 9.69 Å². The smallest absolute Gasteiger partial charge is 0.222 e. The average molecular weight is 300 g/mol. The monoisotopic (exact) mass is 300 g/mol. The van der Waals surface area contributed by atoms with E-state index in [1.54, 1.807) is 0 Å². The molecular formula is C19H28N2O. The minimum atomic E-state index is 0.192. The first-order valence-corrected chi connectivity index (χ1v) is 8.50. The first-order valence-electron chi connectivity index (χ1n) is 8.50. The predicted octanol–water partition coefficient (Wildman–Crippen LogP) is 3.21. The maximum atomic E-state index is 12.4. The molecule has 1 atom stereocenters. The van der Waals surface area contributed by atoms with Crippen molar-refractivity contribution in [3.05, 3.63) is 35.4 Å². The van der Waals surface area contributed by atoms with E-state index in [2.05, 4.69) is 61.8 Å². The van der Waals surface area contributed by atoms with Crippen LogP contribution in [0.25, 0.3) is 0 Å². The largest absolute Gasteiger partial charge is 0.339 e. The second-order valence-electron chi connectivity index (χ2n) is 7.90. The minimum absolute atomic E-state index is 0.192. The topological polar surface area (TPSA) is 23.6 Å². The summed E-state index contributed by atoms with van der Waals surface area (Å²) in [7, 11) is 0. The van der Waals surface area contributed by atoms with Gasteiger partial charge >= 0.3 is 0 Å². The summed E-state index contributed by atoms with van der Waals surface area (Å²) in [5.41, 5.74) is 3.06. The van der Waals surface area contributed by atoms with Gasteiger partial charge in [-0.2, -0.15) is 0 Å². The number of hydrogen-bond donors (Lipinski definition) is 0. The van der Waals surface area contributed by atoms with Crippen molar-refractivity contribution >= 4 is 5.91 Å². The van der Waals surface area contributed by atoms with Crippen molar-refractivity contribution < 1.29 is 4.79 Å². The molecule has 3 nitrogen and oxygen atoms in total. The van der Waals surface area contributed by atoms with Crippen LogP contribution in [0.2, 0.25) is 0 Å². The van der Waals surface area contributed by atoms with Gasteiger partial charge in [0.05, 0.1) is 6.04 Å². The highest BCUT2D eigenvalue weighted by atomic mass is 16.2. The Morgan fingerprint density at radius 1 is 1.27 bits per heavy atom. The Balaban J connectivity index is 1.85. The molecule has 22 heavy (non-hydrogen) atoms. The van der Waals surface area contributed by atoms with Gasteiger partial charge in [-0.15, -0.1) is 0 Å². The molecule has 0 radical (unpaired) electrons. The van der Waals surface area contributed by atoms with Gasteiger partial charge < -0.3 is 4.90 Å². The standard InChI is InChI=1S/C19H28N2O/c1-14(2)11-18(22)20-9-10-21-13-19(3,4)16-8-6-5-7-15(16)17(21)12-20/h5-8,14,17H,9-13H2,1-4H3. The van der Waals surface area contributed by atoms with E-state index in [4.69, 9.17) is 0 Å². The van der Waals surface area contributed by atoms with E-state index in [0.717, 1.165) is 26.2 Å². The predicted molar refractivity (Wildman–Crippen MR) is 89.8 cm³/mol. The second-order valence-corrected chi connectivity index (χ2v) is 7.90. The summed E-state index contributed by atoms with van der Waals surface area (Å²) in [4.78, 5) is 17.1. The molecule has 1 amide bonds. The molecule has 0 spiro atoms. The molecule has 3 heteroatoms. The van der Waals surface area contributed by atoms with E-state index in [9.17, 15) is 4.79 Å². The van der Waals surface area contributed by atoms with Gasteiger partial charge in [-0.05, 0) is 17.0 Å². The number of amides is 1. The second kappa shape index (κ2) is 5.69. The number of carbonyl (C=O) groups excluding carboxylic acids is 1. The van der Waals surface area contributed by atoms with Gasteiger partial charge in [0.25, 0.3) is 0 Å². The van der Waals surface area contributed by atoms with E-state index in [0.29, 0.717) is 24.3 Å². The van der Waals surface area contributed by atoms with Crippen molar-refractivity contribution in [2.24, 2.45) is 5.92 Å². The molecule has 120 valence electrons. The van der Waals surface area contributed by atoms with Crippen LogP contribution in [0.3, 0.4) is 0 Å². The fourth-order valence-corrected chi connectivity index (χ4v) is 4.01. The average Bonchev–Trinajstić information content (AvgIpc) is 2.46. The Morgan fingerprint density at radius 3 is 2.73 bits per heavy atom. The van der Waals surface area contributed by atoms with Gasteiger partial charge in [-0.1, -0.05) is 52.0 Å². The van der Waals surface area contributed by atoms with Crippen LogP contribution >= 0.6 is 0 Å². The van der Waals surface area contributed by atoms with Crippen molar-refractivity contribution in [1.29, 1.82) is 0 Å². The summed E-state index contributed by atoms with van der Waals surface area (Å²) in [5.74, 6) is 0.750. The first kappa shape index (κ1) is 15.5. The van der Waals surface area contributed by atoms with Crippen molar-refractivity contribution in [1.82, 2.24) is 9.80 Å². The molecule has 2 aliphatic rings. The summed E-state index contributed by atoms with van der Waals surface area (Å²) in [5, 5.41) is 0. The van der Waals surface area contributed by atoms with Crippen LogP contribution < -0.4 is 0 Å². The van der Waals surface area contributed by atoms with Crippen LogP contribution in [0.4, 0.5) is 0 Å². The van der Waals surface area contributed by atoms with Crippen molar-refractivity contribution in [3.63, 3.8) is 0 Å². The molecule has 1 saturated heterocycles. The molecule has 1 unspecified atom stereocenters. The Hall–Kier alpha value is -1.35. The van der Waals surface area contributed by atoms with Gasteiger partial charge in [0.15, 0.2) is 0 Å². The number of benzene rings is 1. The number of nitrogens with zero attached hydrogens (tertiary/aromatic N) is 2. The Morgan fingerprint density at radius 2 is 2.00 bits per heavy atom. The Bertz CT molecular complexity index is 564. The van der Waals surface area contributed by atoms with Crippen LogP contribution in [0, 0.1) is 5.92 Å². The zero-order valence-corrected chi connectivity index (χ0v) is 14.3. The van der Waals surface area contributed by atoms with Crippen molar-refractivity contribution in [3.8, 4) is 0 Å². The SMILES string of the molecule is CC(C)CC(=O)N1CCN2CC(C)(C)c3ccccc3C2C1. The highest BCUT2D eigenvalue weighted by Gasteiger charge is 2.40. The van der Waals surface area contributed by atoms with E-state index in [-0.39, 0.29) is 5.41 Å². The summed E-state index contributed by atoms with van der Waals surface area (Å²) in [6.07, 6.45) is 0.667. The maximum absolute atomic E-state index is 12.4. The normalized spacial score (nSPS) is 24.0. The fraction of sp³-hybridized carbons (Fsp3) is 0.632. The molecule has 2 aliphatic heterocycles.